The van der Waals surface area contributed by atoms with E-state index in [0.717, 1.165) is 12.8 Å². The Balaban J connectivity index is 2.20. The van der Waals surface area contributed by atoms with Crippen molar-refractivity contribution >= 4 is 21.6 Å². The number of hydrogen-bond donors (Lipinski definition) is 3. The molecule has 0 fully saturated rings. The molecule has 3 N–H and O–H groups in total. The summed E-state index contributed by atoms with van der Waals surface area (Å²) >= 11 is 0. The Kier molecular flexibility index (Phi) is 5.38. The van der Waals surface area contributed by atoms with Crippen LogP contribution in [0.2, 0.25) is 0 Å². The van der Waals surface area contributed by atoms with Gasteiger partial charge in [0.25, 0.3) is 5.91 Å². The number of ether oxygens (including phenoxy) is 1. The average molecular weight is 328 g/mol. The van der Waals surface area contributed by atoms with Crippen molar-refractivity contribution < 1.29 is 23.1 Å². The quantitative estimate of drug-likeness (QED) is 0.688. The first-order chi connectivity index (χ1) is 10.5. The Bertz CT molecular complexity index is 645. The maximum absolute atomic E-state index is 12.0. The van der Waals surface area contributed by atoms with Gasteiger partial charge in [0.1, 0.15) is 5.75 Å². The highest BCUT2D eigenvalue weighted by molar-refractivity contribution is 7.89. The molecular weight excluding hydrogens is 308 g/mol. The molecule has 2 rings (SSSR count). The van der Waals surface area contributed by atoms with Crippen LogP contribution in [0.4, 0.5) is 5.69 Å². The molecule has 0 aliphatic carbocycles. The van der Waals surface area contributed by atoms with Gasteiger partial charge in [-0.15, -0.1) is 0 Å². The predicted octanol–water partition coefficient (Wildman–Crippen LogP) is 0.847. The number of sulfonamides is 1. The van der Waals surface area contributed by atoms with Crippen LogP contribution in [-0.4, -0.2) is 38.7 Å². The van der Waals surface area contributed by atoms with Gasteiger partial charge in [0.15, 0.2) is 6.10 Å². The fourth-order valence-corrected chi connectivity index (χ4v) is 3.19. The van der Waals surface area contributed by atoms with E-state index in [2.05, 4.69) is 10.0 Å². The van der Waals surface area contributed by atoms with Crippen LogP contribution >= 0.6 is 0 Å². The molecule has 0 unspecified atom stereocenters. The van der Waals surface area contributed by atoms with E-state index in [9.17, 15) is 13.2 Å². The minimum atomic E-state index is -3.72. The number of nitrogens with one attached hydrogen (secondary N) is 2. The Morgan fingerprint density at radius 3 is 2.86 bits per heavy atom. The number of rotatable bonds is 7. The Hall–Kier alpha value is -1.64. The van der Waals surface area contributed by atoms with Crippen molar-refractivity contribution in [3.8, 4) is 5.75 Å². The standard InChI is InChI=1S/C14H20N2O5S/c1-2-3-4-13-14(18)16-11-9-10(5-6-12(11)21-13)22(19,20)15-7-8-17/h5-6,9,13,15,17H,2-4,7-8H2,1H3,(H,16,18)/t13-/m0/s1. The topological polar surface area (TPSA) is 105 Å². The number of fused-ring (bicyclic) bond motifs is 1. The number of benzene rings is 1. The molecule has 1 aliphatic heterocycles. The third kappa shape index (κ3) is 3.76. The third-order valence-corrected chi connectivity index (χ3v) is 4.76. The molecule has 7 nitrogen and oxygen atoms in total. The van der Waals surface area contributed by atoms with Gasteiger partial charge in [0.2, 0.25) is 10.0 Å². The lowest BCUT2D eigenvalue weighted by atomic mass is 10.1. The molecule has 0 spiro atoms. The Labute approximate surface area is 129 Å². The van der Waals surface area contributed by atoms with Gasteiger partial charge in [-0.2, -0.15) is 0 Å². The summed E-state index contributed by atoms with van der Waals surface area (Å²) in [6.07, 6.45) is 1.93. The second-order valence-electron chi connectivity index (χ2n) is 5.02. The number of aliphatic hydroxyl groups is 1. The van der Waals surface area contributed by atoms with Crippen molar-refractivity contribution in [3.05, 3.63) is 18.2 Å². The van der Waals surface area contributed by atoms with Gasteiger partial charge in [0, 0.05) is 6.54 Å². The molecule has 0 bridgehead atoms. The summed E-state index contributed by atoms with van der Waals surface area (Å²) in [7, 11) is -3.72. The van der Waals surface area contributed by atoms with Crippen LogP contribution in [-0.2, 0) is 14.8 Å². The Morgan fingerprint density at radius 2 is 2.18 bits per heavy atom. The second-order valence-corrected chi connectivity index (χ2v) is 6.78. The van der Waals surface area contributed by atoms with Gasteiger partial charge in [0.05, 0.1) is 17.2 Å². The van der Waals surface area contributed by atoms with Crippen LogP contribution in [0, 0.1) is 0 Å². The summed E-state index contributed by atoms with van der Waals surface area (Å²) in [6, 6.07) is 4.29. The SMILES string of the molecule is CCCC[C@@H]1Oc2ccc(S(=O)(=O)NCCO)cc2NC1=O. The van der Waals surface area contributed by atoms with Gasteiger partial charge < -0.3 is 15.2 Å². The lowest BCUT2D eigenvalue weighted by Crippen LogP contribution is -2.37. The first-order valence-corrected chi connectivity index (χ1v) is 8.68. The number of amides is 1. The highest BCUT2D eigenvalue weighted by Gasteiger charge is 2.28. The molecule has 8 heteroatoms. The smallest absolute Gasteiger partial charge is 0.265 e. The van der Waals surface area contributed by atoms with Gasteiger partial charge in [-0.05, 0) is 31.0 Å². The lowest BCUT2D eigenvalue weighted by Gasteiger charge is -2.26. The summed E-state index contributed by atoms with van der Waals surface area (Å²) in [5.41, 5.74) is 0.338. The van der Waals surface area contributed by atoms with Gasteiger partial charge in [-0.1, -0.05) is 13.3 Å². The number of unbranched alkanes of at least 4 members (excludes halogenated alkanes) is 1. The highest BCUT2D eigenvalue weighted by atomic mass is 32.2. The number of anilines is 1. The maximum atomic E-state index is 12.0. The predicted molar refractivity (Wildman–Crippen MR) is 81.3 cm³/mol. The molecule has 1 aliphatic rings. The van der Waals surface area contributed by atoms with E-state index < -0.39 is 16.1 Å². The molecule has 1 atom stereocenters. The first-order valence-electron chi connectivity index (χ1n) is 7.20. The summed E-state index contributed by atoms with van der Waals surface area (Å²) in [5.74, 6) is 0.195. The molecule has 0 saturated carbocycles. The van der Waals surface area contributed by atoms with Crippen molar-refractivity contribution in [2.75, 3.05) is 18.5 Å². The minimum Gasteiger partial charge on any atom is -0.478 e. The van der Waals surface area contributed by atoms with Crippen LogP contribution in [0.5, 0.6) is 5.75 Å². The highest BCUT2D eigenvalue weighted by Crippen LogP contribution is 2.32. The van der Waals surface area contributed by atoms with Crippen LogP contribution in [0.25, 0.3) is 0 Å². The zero-order chi connectivity index (χ0) is 16.2. The van der Waals surface area contributed by atoms with Gasteiger partial charge in [-0.3, -0.25) is 4.79 Å². The van der Waals surface area contributed by atoms with E-state index in [1.165, 1.54) is 18.2 Å². The van der Waals surface area contributed by atoms with Gasteiger partial charge in [-0.25, -0.2) is 13.1 Å². The zero-order valence-corrected chi connectivity index (χ0v) is 13.1. The molecule has 0 radical (unpaired) electrons. The monoisotopic (exact) mass is 328 g/mol. The van der Waals surface area contributed by atoms with E-state index in [1.807, 2.05) is 6.92 Å². The normalized spacial score (nSPS) is 17.5. The summed E-state index contributed by atoms with van der Waals surface area (Å²) in [6.45, 7) is 1.68. The molecule has 0 saturated heterocycles. The number of hydrogen-bond acceptors (Lipinski definition) is 5. The third-order valence-electron chi connectivity index (χ3n) is 3.30. The van der Waals surface area contributed by atoms with Crippen molar-refractivity contribution in [1.29, 1.82) is 0 Å². The van der Waals surface area contributed by atoms with Crippen molar-refractivity contribution in [3.63, 3.8) is 0 Å². The molecular formula is C14H20N2O5S. The molecule has 22 heavy (non-hydrogen) atoms. The van der Waals surface area contributed by atoms with Crippen LogP contribution in [0.1, 0.15) is 26.2 Å². The molecule has 1 aromatic rings. The van der Waals surface area contributed by atoms with Crippen LogP contribution in [0.3, 0.4) is 0 Å². The van der Waals surface area contributed by atoms with E-state index in [1.54, 1.807) is 0 Å². The fraction of sp³-hybridized carbons (Fsp3) is 0.500. The number of carbonyl (C=O) groups is 1. The molecule has 122 valence electrons. The fourth-order valence-electron chi connectivity index (χ4n) is 2.14. The molecule has 1 aromatic carbocycles. The van der Waals surface area contributed by atoms with Crippen LogP contribution in [0.15, 0.2) is 23.1 Å². The van der Waals surface area contributed by atoms with Gasteiger partial charge >= 0.3 is 0 Å². The number of carbonyl (C=O) groups excluding carboxylic acids is 1. The van der Waals surface area contributed by atoms with E-state index >= 15 is 0 Å². The summed E-state index contributed by atoms with van der Waals surface area (Å²) in [5, 5.41) is 11.4. The maximum Gasteiger partial charge on any atom is 0.265 e. The van der Waals surface area contributed by atoms with E-state index in [-0.39, 0.29) is 24.0 Å². The number of aliphatic hydroxyl groups excluding tert-OH is 1. The minimum absolute atomic E-state index is 0.00982. The van der Waals surface area contributed by atoms with Crippen molar-refractivity contribution in [2.45, 2.75) is 37.2 Å². The van der Waals surface area contributed by atoms with Crippen molar-refractivity contribution in [2.24, 2.45) is 0 Å². The van der Waals surface area contributed by atoms with Crippen LogP contribution < -0.4 is 14.8 Å². The zero-order valence-electron chi connectivity index (χ0n) is 12.3. The largest absolute Gasteiger partial charge is 0.478 e. The van der Waals surface area contributed by atoms with Crippen molar-refractivity contribution in [1.82, 2.24) is 4.72 Å². The first kappa shape index (κ1) is 16.7. The average Bonchev–Trinajstić information content (AvgIpc) is 2.50. The molecule has 1 amide bonds. The Morgan fingerprint density at radius 1 is 1.41 bits per heavy atom. The second kappa shape index (κ2) is 7.08. The summed E-state index contributed by atoms with van der Waals surface area (Å²) < 4.78 is 31.9. The summed E-state index contributed by atoms with van der Waals surface area (Å²) in [4.78, 5) is 12.0. The van der Waals surface area contributed by atoms with E-state index in [4.69, 9.17) is 9.84 Å². The lowest BCUT2D eigenvalue weighted by molar-refractivity contribution is -0.123. The molecule has 1 heterocycles. The van der Waals surface area contributed by atoms with E-state index in [0.29, 0.717) is 17.9 Å². The molecule has 0 aromatic heterocycles.